The van der Waals surface area contributed by atoms with Gasteiger partial charge in [0.1, 0.15) is 0 Å². The first-order valence-corrected chi connectivity index (χ1v) is 6.81. The average molecular weight is 301 g/mol. The van der Waals surface area contributed by atoms with Crippen molar-refractivity contribution < 1.29 is 0 Å². The van der Waals surface area contributed by atoms with Gasteiger partial charge in [0.25, 0.3) is 0 Å². The van der Waals surface area contributed by atoms with E-state index in [1.165, 1.54) is 11.3 Å². The third-order valence-corrected chi connectivity index (χ3v) is 3.68. The van der Waals surface area contributed by atoms with Gasteiger partial charge in [-0.25, -0.2) is 4.98 Å². The topological polar surface area (TPSA) is 17.3 Å². The Hall–Kier alpha value is -1.61. The van der Waals surface area contributed by atoms with E-state index in [0.717, 1.165) is 22.2 Å². The Kier molecular flexibility index (Phi) is 2.92. The van der Waals surface area contributed by atoms with E-state index >= 15 is 0 Å². The van der Waals surface area contributed by atoms with Crippen molar-refractivity contribution in [2.24, 2.45) is 0 Å². The summed E-state index contributed by atoms with van der Waals surface area (Å²) < 4.78 is 3.18. The fourth-order valence-electron chi connectivity index (χ4n) is 2.23. The van der Waals surface area contributed by atoms with Gasteiger partial charge in [0.15, 0.2) is 5.65 Å². The molecule has 0 fully saturated rings. The third kappa shape index (κ3) is 1.75. The monoisotopic (exact) mass is 300 g/mol. The zero-order chi connectivity index (χ0) is 12.5. The first-order valence-electron chi connectivity index (χ1n) is 6.02. The van der Waals surface area contributed by atoms with E-state index in [2.05, 4.69) is 57.7 Å². The number of hydrogen-bond donors (Lipinski definition) is 0. The maximum atomic E-state index is 4.72. The Bertz CT molecular complexity index is 686. The number of halogens is 1. The molecule has 0 saturated heterocycles. The summed E-state index contributed by atoms with van der Waals surface area (Å²) in [5, 5.41) is 0. The molecule has 0 saturated carbocycles. The van der Waals surface area contributed by atoms with E-state index < -0.39 is 0 Å². The van der Waals surface area contributed by atoms with Crippen LogP contribution in [-0.2, 0) is 6.42 Å². The van der Waals surface area contributed by atoms with E-state index in [9.17, 15) is 0 Å². The molecule has 2 heterocycles. The normalized spacial score (nSPS) is 11.0. The molecule has 0 bridgehead atoms. The van der Waals surface area contributed by atoms with E-state index in [-0.39, 0.29) is 0 Å². The Morgan fingerprint density at radius 2 is 1.89 bits per heavy atom. The lowest BCUT2D eigenvalue weighted by Crippen LogP contribution is -1.90. The molecule has 1 aromatic carbocycles. The van der Waals surface area contributed by atoms with Gasteiger partial charge in [-0.05, 0) is 34.5 Å². The second-order valence-corrected chi connectivity index (χ2v) is 5.03. The second-order valence-electron chi connectivity index (χ2n) is 4.18. The zero-order valence-corrected chi connectivity index (χ0v) is 11.7. The molecule has 3 heteroatoms. The highest BCUT2D eigenvalue weighted by atomic mass is 79.9. The van der Waals surface area contributed by atoms with Gasteiger partial charge in [-0.1, -0.05) is 37.3 Å². The van der Waals surface area contributed by atoms with Crippen molar-refractivity contribution in [3.63, 3.8) is 0 Å². The molecular formula is C15H13BrN2. The molecule has 90 valence electrons. The van der Waals surface area contributed by atoms with Crippen LogP contribution in [0, 0.1) is 0 Å². The van der Waals surface area contributed by atoms with Gasteiger partial charge in [-0.15, -0.1) is 0 Å². The number of aryl methyl sites for hydroxylation is 1. The van der Waals surface area contributed by atoms with Gasteiger partial charge >= 0.3 is 0 Å². The first-order chi connectivity index (χ1) is 8.81. The summed E-state index contributed by atoms with van der Waals surface area (Å²) in [6.07, 6.45) is 2.99. The maximum absolute atomic E-state index is 4.72. The number of rotatable bonds is 2. The van der Waals surface area contributed by atoms with Crippen molar-refractivity contribution in [1.29, 1.82) is 0 Å². The minimum atomic E-state index is 0.929. The van der Waals surface area contributed by atoms with Gasteiger partial charge in [-0.2, -0.15) is 0 Å². The van der Waals surface area contributed by atoms with E-state index in [1.54, 1.807) is 0 Å². The zero-order valence-electron chi connectivity index (χ0n) is 10.1. The molecule has 0 radical (unpaired) electrons. The molecule has 2 nitrogen and oxygen atoms in total. The lowest BCUT2D eigenvalue weighted by atomic mass is 10.1. The number of nitrogens with zero attached hydrogens (tertiary/aromatic N) is 2. The fraction of sp³-hybridized carbons (Fsp3) is 0.133. The second kappa shape index (κ2) is 4.58. The highest BCUT2D eigenvalue weighted by Crippen LogP contribution is 2.28. The minimum absolute atomic E-state index is 0.929. The average Bonchev–Trinajstić information content (AvgIpc) is 2.80. The van der Waals surface area contributed by atoms with Crippen LogP contribution in [0.1, 0.15) is 12.6 Å². The molecule has 3 aromatic rings. The summed E-state index contributed by atoms with van der Waals surface area (Å²) in [6.45, 7) is 2.14. The Morgan fingerprint density at radius 1 is 1.11 bits per heavy atom. The number of imidazole rings is 1. The van der Waals surface area contributed by atoms with Gasteiger partial charge in [0.2, 0.25) is 0 Å². The largest absolute Gasteiger partial charge is 0.298 e. The van der Waals surface area contributed by atoms with Crippen molar-refractivity contribution in [2.45, 2.75) is 13.3 Å². The van der Waals surface area contributed by atoms with E-state index in [1.807, 2.05) is 18.2 Å². The predicted octanol–water partition coefficient (Wildman–Crippen LogP) is 4.33. The summed E-state index contributed by atoms with van der Waals surface area (Å²) in [6, 6.07) is 14.5. The molecular weight excluding hydrogens is 288 g/mol. The Balaban J connectivity index is 2.37. The van der Waals surface area contributed by atoms with Gasteiger partial charge in [-0.3, -0.25) is 4.40 Å². The quantitative estimate of drug-likeness (QED) is 0.689. The summed E-state index contributed by atoms with van der Waals surface area (Å²) in [7, 11) is 0. The molecule has 0 aliphatic heterocycles. The van der Waals surface area contributed by atoms with Gasteiger partial charge < -0.3 is 0 Å². The van der Waals surface area contributed by atoms with Crippen LogP contribution in [0.25, 0.3) is 16.9 Å². The van der Waals surface area contributed by atoms with Crippen LogP contribution in [0.5, 0.6) is 0 Å². The van der Waals surface area contributed by atoms with Crippen LogP contribution >= 0.6 is 15.9 Å². The van der Waals surface area contributed by atoms with Crippen LogP contribution in [0.15, 0.2) is 53.1 Å². The lowest BCUT2D eigenvalue weighted by molar-refractivity contribution is 1.07. The molecule has 3 rings (SSSR count). The Labute approximate surface area is 114 Å². The van der Waals surface area contributed by atoms with Crippen LogP contribution in [-0.4, -0.2) is 9.38 Å². The molecule has 18 heavy (non-hydrogen) atoms. The molecule has 0 aliphatic carbocycles. The van der Waals surface area contributed by atoms with Crippen molar-refractivity contribution in [3.05, 3.63) is 58.8 Å². The van der Waals surface area contributed by atoms with Crippen molar-refractivity contribution >= 4 is 21.6 Å². The number of benzene rings is 1. The number of fused-ring (bicyclic) bond motifs is 1. The number of hydrogen-bond acceptors (Lipinski definition) is 1. The third-order valence-electron chi connectivity index (χ3n) is 3.06. The van der Waals surface area contributed by atoms with Gasteiger partial charge in [0, 0.05) is 11.8 Å². The van der Waals surface area contributed by atoms with Crippen molar-refractivity contribution in [2.75, 3.05) is 0 Å². The number of pyridine rings is 1. The first kappa shape index (κ1) is 11.5. The fourth-order valence-corrected chi connectivity index (χ4v) is 2.66. The molecule has 0 unspecified atom stereocenters. The van der Waals surface area contributed by atoms with Crippen LogP contribution in [0.4, 0.5) is 0 Å². The molecule has 2 aromatic heterocycles. The SMILES string of the molecule is CCc1nc2c(Br)cccn2c1-c1ccccc1. The van der Waals surface area contributed by atoms with Crippen LogP contribution in [0.2, 0.25) is 0 Å². The predicted molar refractivity (Wildman–Crippen MR) is 77.7 cm³/mol. The summed E-state index contributed by atoms with van der Waals surface area (Å²) in [4.78, 5) is 4.72. The van der Waals surface area contributed by atoms with Crippen LogP contribution in [0.3, 0.4) is 0 Å². The van der Waals surface area contributed by atoms with Crippen molar-refractivity contribution in [3.8, 4) is 11.3 Å². The summed E-state index contributed by atoms with van der Waals surface area (Å²) >= 11 is 3.56. The van der Waals surface area contributed by atoms with E-state index in [4.69, 9.17) is 4.98 Å². The highest BCUT2D eigenvalue weighted by Gasteiger charge is 2.13. The van der Waals surface area contributed by atoms with Gasteiger partial charge in [0.05, 0.1) is 15.9 Å². The standard InChI is InChI=1S/C15H13BrN2/c1-2-13-14(11-7-4-3-5-8-11)18-10-6-9-12(16)15(18)17-13/h3-10H,2H2,1H3. The van der Waals surface area contributed by atoms with Crippen LogP contribution < -0.4 is 0 Å². The van der Waals surface area contributed by atoms with Crippen molar-refractivity contribution in [1.82, 2.24) is 9.38 Å². The van der Waals surface area contributed by atoms with E-state index in [0.29, 0.717) is 0 Å². The molecule has 0 aliphatic rings. The highest BCUT2D eigenvalue weighted by molar-refractivity contribution is 9.10. The molecule has 0 spiro atoms. The lowest BCUT2D eigenvalue weighted by Gasteiger charge is -2.04. The number of aromatic nitrogens is 2. The maximum Gasteiger partial charge on any atom is 0.151 e. The molecule has 0 amide bonds. The molecule has 0 N–H and O–H groups in total. The smallest absolute Gasteiger partial charge is 0.151 e. The minimum Gasteiger partial charge on any atom is -0.298 e. The summed E-state index contributed by atoms with van der Waals surface area (Å²) in [5.74, 6) is 0. The Morgan fingerprint density at radius 3 is 2.61 bits per heavy atom. The summed E-state index contributed by atoms with van der Waals surface area (Å²) in [5.41, 5.74) is 4.51. The molecule has 0 atom stereocenters.